The molecule has 4 nitrogen and oxygen atoms in total. The molecular formula is C9H10N2O2. The highest BCUT2D eigenvalue weighted by Gasteiger charge is 2.12. The number of nitrogens with zero attached hydrogens (tertiary/aromatic N) is 1. The fourth-order valence-corrected chi connectivity index (χ4v) is 1.000. The highest BCUT2D eigenvalue weighted by molar-refractivity contribution is 6.00. The number of hydrogen-bond acceptors (Lipinski definition) is 3. The van der Waals surface area contributed by atoms with Crippen molar-refractivity contribution in [1.82, 2.24) is 5.01 Å². The van der Waals surface area contributed by atoms with Gasteiger partial charge in [-0.2, -0.15) is 0 Å². The second kappa shape index (κ2) is 3.82. The van der Waals surface area contributed by atoms with Crippen molar-refractivity contribution in [3.8, 4) is 0 Å². The third-order valence-electron chi connectivity index (χ3n) is 1.72. The average molecular weight is 178 g/mol. The Kier molecular flexibility index (Phi) is 2.76. The van der Waals surface area contributed by atoms with Crippen LogP contribution in [-0.2, 0) is 4.79 Å². The first-order valence-electron chi connectivity index (χ1n) is 3.76. The Morgan fingerprint density at radius 1 is 1.46 bits per heavy atom. The molecule has 4 heteroatoms. The number of rotatable bonds is 2. The zero-order chi connectivity index (χ0) is 9.84. The number of hydrazine groups is 1. The first-order valence-corrected chi connectivity index (χ1v) is 3.76. The SMILES string of the molecule is Cc1ccccc1C(=O)N(N)C=O. The molecule has 0 saturated carbocycles. The van der Waals surface area contributed by atoms with Crippen LogP contribution in [0.2, 0.25) is 0 Å². The minimum absolute atomic E-state index is 0.286. The molecule has 0 aliphatic carbocycles. The summed E-state index contributed by atoms with van der Waals surface area (Å²) in [7, 11) is 0. The van der Waals surface area contributed by atoms with Gasteiger partial charge in [-0.1, -0.05) is 18.2 Å². The van der Waals surface area contributed by atoms with Crippen molar-refractivity contribution >= 4 is 12.3 Å². The van der Waals surface area contributed by atoms with Crippen molar-refractivity contribution in [2.45, 2.75) is 6.92 Å². The van der Waals surface area contributed by atoms with Gasteiger partial charge in [0.2, 0.25) is 6.41 Å². The summed E-state index contributed by atoms with van der Waals surface area (Å²) in [4.78, 5) is 21.6. The van der Waals surface area contributed by atoms with Gasteiger partial charge in [-0.15, -0.1) is 0 Å². The van der Waals surface area contributed by atoms with Gasteiger partial charge in [-0.3, -0.25) is 9.59 Å². The Hall–Kier alpha value is -1.68. The molecule has 0 saturated heterocycles. The van der Waals surface area contributed by atoms with Gasteiger partial charge in [0.15, 0.2) is 0 Å². The molecule has 0 aliphatic rings. The predicted octanol–water partition coefficient (Wildman–Crippen LogP) is 0.467. The number of carbonyl (C=O) groups excluding carboxylic acids is 2. The number of amides is 2. The van der Waals surface area contributed by atoms with Crippen LogP contribution in [0, 0.1) is 6.92 Å². The fraction of sp³-hybridized carbons (Fsp3) is 0.111. The molecule has 0 bridgehead atoms. The topological polar surface area (TPSA) is 63.4 Å². The normalized spacial score (nSPS) is 9.38. The van der Waals surface area contributed by atoms with Crippen molar-refractivity contribution in [2.24, 2.45) is 5.84 Å². The molecule has 2 amide bonds. The number of aryl methyl sites for hydroxylation is 1. The maximum absolute atomic E-state index is 11.4. The third-order valence-corrected chi connectivity index (χ3v) is 1.72. The number of imide groups is 1. The van der Waals surface area contributed by atoms with Crippen LogP contribution in [0.15, 0.2) is 24.3 Å². The Bertz CT molecular complexity index is 336. The highest BCUT2D eigenvalue weighted by atomic mass is 16.2. The van der Waals surface area contributed by atoms with Crippen LogP contribution in [0.1, 0.15) is 15.9 Å². The van der Waals surface area contributed by atoms with Gasteiger partial charge < -0.3 is 0 Å². The molecule has 0 heterocycles. The zero-order valence-corrected chi connectivity index (χ0v) is 7.23. The lowest BCUT2D eigenvalue weighted by atomic mass is 10.1. The maximum atomic E-state index is 11.4. The number of carbonyl (C=O) groups is 2. The number of nitrogens with two attached hydrogens (primary N) is 1. The Balaban J connectivity index is 3.02. The van der Waals surface area contributed by atoms with Crippen LogP contribution >= 0.6 is 0 Å². The molecule has 0 spiro atoms. The molecule has 0 fully saturated rings. The second-order valence-electron chi connectivity index (χ2n) is 2.63. The van der Waals surface area contributed by atoms with Crippen molar-refractivity contribution in [1.29, 1.82) is 0 Å². The zero-order valence-electron chi connectivity index (χ0n) is 7.23. The van der Waals surface area contributed by atoms with E-state index in [0.29, 0.717) is 10.6 Å². The Labute approximate surface area is 75.9 Å². The van der Waals surface area contributed by atoms with E-state index in [2.05, 4.69) is 0 Å². The van der Waals surface area contributed by atoms with Crippen LogP contribution in [0.5, 0.6) is 0 Å². The van der Waals surface area contributed by atoms with Gasteiger partial charge in [0, 0.05) is 5.56 Å². The Morgan fingerprint density at radius 3 is 2.62 bits per heavy atom. The second-order valence-corrected chi connectivity index (χ2v) is 2.63. The molecule has 13 heavy (non-hydrogen) atoms. The van der Waals surface area contributed by atoms with Gasteiger partial charge in [0.25, 0.3) is 5.91 Å². The summed E-state index contributed by atoms with van der Waals surface area (Å²) in [5, 5.41) is 0.530. The summed E-state index contributed by atoms with van der Waals surface area (Å²) in [5.74, 6) is 4.64. The largest absolute Gasteiger partial charge is 0.277 e. The molecular weight excluding hydrogens is 168 g/mol. The van der Waals surface area contributed by atoms with E-state index in [4.69, 9.17) is 5.84 Å². The summed E-state index contributed by atoms with van der Waals surface area (Å²) in [5.41, 5.74) is 1.24. The van der Waals surface area contributed by atoms with Crippen LogP contribution in [0.3, 0.4) is 0 Å². The summed E-state index contributed by atoms with van der Waals surface area (Å²) in [6.45, 7) is 1.78. The van der Waals surface area contributed by atoms with Gasteiger partial charge >= 0.3 is 0 Å². The van der Waals surface area contributed by atoms with Crippen molar-refractivity contribution < 1.29 is 9.59 Å². The first-order chi connectivity index (χ1) is 6.16. The van der Waals surface area contributed by atoms with Crippen LogP contribution in [-0.4, -0.2) is 17.3 Å². The van der Waals surface area contributed by atoms with E-state index in [1.54, 1.807) is 25.1 Å². The third kappa shape index (κ3) is 1.91. The molecule has 0 radical (unpaired) electrons. The van der Waals surface area contributed by atoms with Crippen LogP contribution in [0.25, 0.3) is 0 Å². The smallest absolute Gasteiger partial charge is 0.274 e. The standard InChI is InChI=1S/C9H10N2O2/c1-7-4-2-3-5-8(7)9(13)11(10)6-12/h2-6H,10H2,1H3. The Morgan fingerprint density at radius 2 is 2.08 bits per heavy atom. The van der Waals surface area contributed by atoms with Gasteiger partial charge in [-0.05, 0) is 18.6 Å². The predicted molar refractivity (Wildman–Crippen MR) is 47.6 cm³/mol. The average Bonchev–Trinajstić information content (AvgIpc) is 2.16. The molecule has 0 unspecified atom stereocenters. The van der Waals surface area contributed by atoms with Gasteiger partial charge in [0.1, 0.15) is 0 Å². The molecule has 1 aromatic rings. The lowest BCUT2D eigenvalue weighted by molar-refractivity contribution is -0.116. The van der Waals surface area contributed by atoms with E-state index in [0.717, 1.165) is 5.56 Å². The van der Waals surface area contributed by atoms with E-state index in [9.17, 15) is 9.59 Å². The van der Waals surface area contributed by atoms with Crippen LogP contribution < -0.4 is 5.84 Å². The minimum atomic E-state index is -0.492. The summed E-state index contributed by atoms with van der Waals surface area (Å²) >= 11 is 0. The molecule has 1 aromatic carbocycles. The molecule has 0 atom stereocenters. The van der Waals surface area contributed by atoms with Gasteiger partial charge in [-0.25, -0.2) is 10.9 Å². The van der Waals surface area contributed by atoms with E-state index >= 15 is 0 Å². The monoisotopic (exact) mass is 178 g/mol. The minimum Gasteiger partial charge on any atom is -0.277 e. The van der Waals surface area contributed by atoms with E-state index < -0.39 is 5.91 Å². The molecule has 1 rings (SSSR count). The quantitative estimate of drug-likeness (QED) is 0.310. The molecule has 0 aromatic heterocycles. The summed E-state index contributed by atoms with van der Waals surface area (Å²) in [6, 6.07) is 6.94. The molecule has 0 aliphatic heterocycles. The van der Waals surface area contributed by atoms with E-state index in [1.165, 1.54) is 0 Å². The van der Waals surface area contributed by atoms with Crippen molar-refractivity contribution in [3.05, 3.63) is 35.4 Å². The van der Waals surface area contributed by atoms with Crippen LogP contribution in [0.4, 0.5) is 0 Å². The first kappa shape index (κ1) is 9.41. The fourth-order valence-electron chi connectivity index (χ4n) is 1.000. The summed E-state index contributed by atoms with van der Waals surface area (Å²) in [6.07, 6.45) is 0.286. The van der Waals surface area contributed by atoms with Crippen molar-refractivity contribution in [2.75, 3.05) is 0 Å². The lowest BCUT2D eigenvalue weighted by Crippen LogP contribution is -2.36. The summed E-state index contributed by atoms with van der Waals surface area (Å²) < 4.78 is 0. The number of hydrogen-bond donors (Lipinski definition) is 1. The number of benzene rings is 1. The van der Waals surface area contributed by atoms with E-state index in [-0.39, 0.29) is 6.41 Å². The lowest BCUT2D eigenvalue weighted by Gasteiger charge is -2.09. The van der Waals surface area contributed by atoms with Gasteiger partial charge in [0.05, 0.1) is 0 Å². The highest BCUT2D eigenvalue weighted by Crippen LogP contribution is 2.07. The molecule has 2 N–H and O–H groups in total. The molecule has 68 valence electrons. The van der Waals surface area contributed by atoms with Crippen molar-refractivity contribution in [3.63, 3.8) is 0 Å². The maximum Gasteiger partial charge on any atom is 0.274 e. The van der Waals surface area contributed by atoms with E-state index in [1.807, 2.05) is 6.07 Å².